The lowest BCUT2D eigenvalue weighted by Gasteiger charge is -2.05. The van der Waals surface area contributed by atoms with Crippen LogP contribution in [0.5, 0.6) is 0 Å². The molecule has 0 aliphatic heterocycles. The van der Waals surface area contributed by atoms with Crippen molar-refractivity contribution in [2.45, 2.75) is 0 Å². The molecule has 1 aromatic heterocycles. The molecule has 0 saturated carbocycles. The van der Waals surface area contributed by atoms with Gasteiger partial charge in [-0.3, -0.25) is 4.79 Å². The summed E-state index contributed by atoms with van der Waals surface area (Å²) in [5.41, 5.74) is 7.56. The molecule has 0 aliphatic rings. The molecule has 0 fully saturated rings. The zero-order valence-electron chi connectivity index (χ0n) is 9.14. The molecule has 0 spiro atoms. The molecule has 6 heteroatoms. The number of benzene rings is 1. The van der Waals surface area contributed by atoms with Gasteiger partial charge < -0.3 is 11.1 Å². The predicted molar refractivity (Wildman–Crippen MR) is 82.3 cm³/mol. The second kappa shape index (κ2) is 5.60. The van der Waals surface area contributed by atoms with Crippen molar-refractivity contribution in [2.24, 2.45) is 5.73 Å². The minimum atomic E-state index is -0.156. The number of carbonyl (C=O) groups is 1. The van der Waals surface area contributed by atoms with Gasteiger partial charge in [0, 0.05) is 16.6 Å². The Bertz CT molecular complexity index is 610. The molecule has 2 rings (SSSR count). The maximum Gasteiger partial charge on any atom is 0.256 e. The number of halogens is 1. The standard InChI is InChI=1S/C12H9BrN2OS2/c13-10-5-8(6-18-10)12(16)15-9-3-1-2-7(4-9)11(14)17/h1-6H,(H2,14,17)(H,15,16). The van der Waals surface area contributed by atoms with Gasteiger partial charge in [0.1, 0.15) is 4.99 Å². The summed E-state index contributed by atoms with van der Waals surface area (Å²) in [6, 6.07) is 8.92. The van der Waals surface area contributed by atoms with Crippen LogP contribution < -0.4 is 11.1 Å². The summed E-state index contributed by atoms with van der Waals surface area (Å²) < 4.78 is 0.921. The third kappa shape index (κ3) is 3.16. The Labute approximate surface area is 122 Å². The van der Waals surface area contributed by atoms with E-state index in [1.54, 1.807) is 35.7 Å². The van der Waals surface area contributed by atoms with Crippen molar-refractivity contribution in [3.8, 4) is 0 Å². The van der Waals surface area contributed by atoms with Crippen LogP contribution in [-0.2, 0) is 0 Å². The van der Waals surface area contributed by atoms with Gasteiger partial charge in [0.25, 0.3) is 5.91 Å². The van der Waals surface area contributed by atoms with Crippen LogP contribution in [0.25, 0.3) is 0 Å². The van der Waals surface area contributed by atoms with Crippen LogP contribution in [0.15, 0.2) is 39.5 Å². The first-order valence-electron chi connectivity index (χ1n) is 5.01. The van der Waals surface area contributed by atoms with Crippen molar-refractivity contribution in [3.63, 3.8) is 0 Å². The van der Waals surface area contributed by atoms with E-state index in [-0.39, 0.29) is 5.91 Å². The molecular formula is C12H9BrN2OS2. The van der Waals surface area contributed by atoms with E-state index in [4.69, 9.17) is 18.0 Å². The average molecular weight is 341 g/mol. The zero-order chi connectivity index (χ0) is 13.1. The maximum atomic E-state index is 11.9. The average Bonchev–Trinajstić information content (AvgIpc) is 2.76. The molecular weight excluding hydrogens is 332 g/mol. The van der Waals surface area contributed by atoms with Crippen LogP contribution in [0.3, 0.4) is 0 Å². The first-order valence-corrected chi connectivity index (χ1v) is 7.09. The van der Waals surface area contributed by atoms with Crippen molar-refractivity contribution in [1.82, 2.24) is 0 Å². The van der Waals surface area contributed by atoms with Crippen LogP contribution in [-0.4, -0.2) is 10.9 Å². The van der Waals surface area contributed by atoms with Gasteiger partial charge in [-0.05, 0) is 34.1 Å². The highest BCUT2D eigenvalue weighted by Gasteiger charge is 2.08. The molecule has 18 heavy (non-hydrogen) atoms. The van der Waals surface area contributed by atoms with Crippen molar-refractivity contribution in [3.05, 3.63) is 50.6 Å². The number of rotatable bonds is 3. The Kier molecular flexibility index (Phi) is 4.11. The fourth-order valence-electron chi connectivity index (χ4n) is 1.38. The van der Waals surface area contributed by atoms with E-state index in [1.807, 2.05) is 0 Å². The molecule has 3 N–H and O–H groups in total. The lowest BCUT2D eigenvalue weighted by molar-refractivity contribution is 0.102. The monoisotopic (exact) mass is 340 g/mol. The van der Waals surface area contributed by atoms with Gasteiger partial charge in [0.15, 0.2) is 0 Å². The normalized spacial score (nSPS) is 10.1. The highest BCUT2D eigenvalue weighted by molar-refractivity contribution is 9.11. The number of carbonyl (C=O) groups excluding carboxylic acids is 1. The Hall–Kier alpha value is -1.24. The molecule has 0 atom stereocenters. The topological polar surface area (TPSA) is 55.1 Å². The minimum absolute atomic E-state index is 0.156. The Morgan fingerprint density at radius 2 is 2.11 bits per heavy atom. The SMILES string of the molecule is NC(=S)c1cccc(NC(=O)c2csc(Br)c2)c1. The summed E-state index contributed by atoms with van der Waals surface area (Å²) >= 11 is 9.68. The molecule has 0 saturated heterocycles. The molecule has 0 radical (unpaired) electrons. The van der Waals surface area contributed by atoms with E-state index in [0.717, 1.165) is 9.35 Å². The number of nitrogens with two attached hydrogens (primary N) is 1. The van der Waals surface area contributed by atoms with E-state index >= 15 is 0 Å². The molecule has 0 unspecified atom stereocenters. The molecule has 2 aromatic rings. The van der Waals surface area contributed by atoms with Gasteiger partial charge in [0.2, 0.25) is 0 Å². The molecule has 1 amide bonds. The summed E-state index contributed by atoms with van der Waals surface area (Å²) in [4.78, 5) is 12.2. The molecule has 0 aliphatic carbocycles. The third-order valence-electron chi connectivity index (χ3n) is 2.23. The van der Waals surface area contributed by atoms with Crippen LogP contribution in [0.2, 0.25) is 0 Å². The Morgan fingerprint density at radius 3 is 2.72 bits per heavy atom. The van der Waals surface area contributed by atoms with Crippen molar-refractivity contribution in [1.29, 1.82) is 0 Å². The number of thiocarbonyl (C=S) groups is 1. The quantitative estimate of drug-likeness (QED) is 0.842. The summed E-state index contributed by atoms with van der Waals surface area (Å²) in [6.45, 7) is 0. The van der Waals surface area contributed by atoms with E-state index in [1.165, 1.54) is 11.3 Å². The molecule has 1 heterocycles. The van der Waals surface area contributed by atoms with Crippen molar-refractivity contribution < 1.29 is 4.79 Å². The number of hydrogen-bond acceptors (Lipinski definition) is 3. The van der Waals surface area contributed by atoms with Gasteiger partial charge in [-0.25, -0.2) is 0 Å². The van der Waals surface area contributed by atoms with Gasteiger partial charge >= 0.3 is 0 Å². The number of thiophene rings is 1. The van der Waals surface area contributed by atoms with Crippen LogP contribution >= 0.6 is 39.5 Å². The van der Waals surface area contributed by atoms with E-state index < -0.39 is 0 Å². The smallest absolute Gasteiger partial charge is 0.256 e. The molecule has 1 aromatic carbocycles. The lowest BCUT2D eigenvalue weighted by Crippen LogP contribution is -2.13. The van der Waals surface area contributed by atoms with Gasteiger partial charge in [0.05, 0.1) is 9.35 Å². The minimum Gasteiger partial charge on any atom is -0.389 e. The number of amides is 1. The summed E-state index contributed by atoms with van der Waals surface area (Å²) in [6.07, 6.45) is 0. The van der Waals surface area contributed by atoms with Gasteiger partial charge in [-0.1, -0.05) is 24.4 Å². The Morgan fingerprint density at radius 1 is 1.33 bits per heavy atom. The largest absolute Gasteiger partial charge is 0.389 e. The van der Waals surface area contributed by atoms with Gasteiger partial charge in [-0.2, -0.15) is 0 Å². The third-order valence-corrected chi connectivity index (χ3v) is 3.97. The maximum absolute atomic E-state index is 11.9. The fourth-order valence-corrected chi connectivity index (χ4v) is 2.65. The number of nitrogens with one attached hydrogen (secondary N) is 1. The number of anilines is 1. The summed E-state index contributed by atoms with van der Waals surface area (Å²) in [5, 5.41) is 4.59. The Balaban J connectivity index is 2.16. The van der Waals surface area contributed by atoms with E-state index in [9.17, 15) is 4.79 Å². The highest BCUT2D eigenvalue weighted by Crippen LogP contribution is 2.21. The first-order chi connectivity index (χ1) is 8.56. The van der Waals surface area contributed by atoms with E-state index in [0.29, 0.717) is 16.2 Å². The molecule has 0 bridgehead atoms. The van der Waals surface area contributed by atoms with Crippen LogP contribution in [0.4, 0.5) is 5.69 Å². The second-order valence-corrected chi connectivity index (χ2v) is 6.27. The lowest BCUT2D eigenvalue weighted by atomic mass is 10.2. The first kappa shape index (κ1) is 13.2. The van der Waals surface area contributed by atoms with Gasteiger partial charge in [-0.15, -0.1) is 11.3 Å². The summed E-state index contributed by atoms with van der Waals surface area (Å²) in [7, 11) is 0. The van der Waals surface area contributed by atoms with Crippen LogP contribution in [0.1, 0.15) is 15.9 Å². The molecule has 3 nitrogen and oxygen atoms in total. The molecule has 92 valence electrons. The van der Waals surface area contributed by atoms with Crippen molar-refractivity contribution in [2.75, 3.05) is 5.32 Å². The highest BCUT2D eigenvalue weighted by atomic mass is 79.9. The number of hydrogen-bond donors (Lipinski definition) is 2. The summed E-state index contributed by atoms with van der Waals surface area (Å²) in [5.74, 6) is -0.156. The van der Waals surface area contributed by atoms with E-state index in [2.05, 4.69) is 21.2 Å². The van der Waals surface area contributed by atoms with Crippen molar-refractivity contribution >= 4 is 56.1 Å². The zero-order valence-corrected chi connectivity index (χ0v) is 12.4. The second-order valence-electron chi connectivity index (χ2n) is 3.54. The fraction of sp³-hybridized carbons (Fsp3) is 0. The predicted octanol–water partition coefficient (Wildman–Crippen LogP) is 3.40. The van der Waals surface area contributed by atoms with Crippen LogP contribution in [0, 0.1) is 0 Å².